The van der Waals surface area contributed by atoms with Crippen LogP contribution in [0.15, 0.2) is 0 Å². The van der Waals surface area contributed by atoms with E-state index in [0.717, 1.165) is 13.0 Å². The van der Waals surface area contributed by atoms with Gasteiger partial charge in [0.25, 0.3) is 0 Å². The van der Waals surface area contributed by atoms with Crippen LogP contribution in [-0.4, -0.2) is 28.6 Å². The Morgan fingerprint density at radius 3 is 2.53 bits per heavy atom. The van der Waals surface area contributed by atoms with E-state index in [1.54, 1.807) is 0 Å². The summed E-state index contributed by atoms with van der Waals surface area (Å²) in [6.07, 6.45) is 4.81. The first-order valence-electron chi connectivity index (χ1n) is 6.74. The molecule has 1 aromatic rings. The van der Waals surface area contributed by atoms with Gasteiger partial charge in [-0.1, -0.05) is 33.1 Å². The number of nitrogens with zero attached hydrogens (tertiary/aromatic N) is 3. The molecule has 0 aromatic carbocycles. The lowest BCUT2D eigenvalue weighted by molar-refractivity contribution is 0.379. The maximum Gasteiger partial charge on any atom is 0.322 e. The van der Waals surface area contributed by atoms with Gasteiger partial charge < -0.3 is 10.1 Å². The summed E-state index contributed by atoms with van der Waals surface area (Å²) >= 11 is 0. The van der Waals surface area contributed by atoms with Crippen LogP contribution >= 0.6 is 0 Å². The molecular formula is C12H24N6O. The molecule has 108 valence electrons. The van der Waals surface area contributed by atoms with E-state index in [2.05, 4.69) is 39.5 Å². The standard InChI is InChI=1S/C12H24N6O/c1-4-6-7-9(5-2)8-14-10-15-11(18-13)17-12(16-10)19-3/h9H,4-8,13H2,1-3H3,(H2,14,15,16,17,18). The zero-order valence-electron chi connectivity index (χ0n) is 11.9. The summed E-state index contributed by atoms with van der Waals surface area (Å²) in [6, 6.07) is 0.243. The van der Waals surface area contributed by atoms with E-state index >= 15 is 0 Å². The van der Waals surface area contributed by atoms with Crippen molar-refractivity contribution in [1.82, 2.24) is 15.0 Å². The topological polar surface area (TPSA) is 98.0 Å². The predicted molar refractivity (Wildman–Crippen MR) is 76.0 cm³/mol. The van der Waals surface area contributed by atoms with Gasteiger partial charge in [0.2, 0.25) is 11.9 Å². The molecule has 0 spiro atoms. The van der Waals surface area contributed by atoms with Crippen molar-refractivity contribution in [3.63, 3.8) is 0 Å². The van der Waals surface area contributed by atoms with Gasteiger partial charge in [0, 0.05) is 6.54 Å². The molecule has 1 atom stereocenters. The number of unbranched alkanes of at least 4 members (excludes halogenated alkanes) is 1. The Morgan fingerprint density at radius 2 is 1.95 bits per heavy atom. The molecule has 0 aliphatic carbocycles. The summed E-state index contributed by atoms with van der Waals surface area (Å²) in [5.74, 6) is 6.70. The van der Waals surface area contributed by atoms with Gasteiger partial charge in [-0.05, 0) is 12.3 Å². The monoisotopic (exact) mass is 268 g/mol. The van der Waals surface area contributed by atoms with Crippen molar-refractivity contribution in [3.05, 3.63) is 0 Å². The van der Waals surface area contributed by atoms with Crippen molar-refractivity contribution < 1.29 is 4.74 Å². The van der Waals surface area contributed by atoms with Crippen molar-refractivity contribution >= 4 is 11.9 Å². The van der Waals surface area contributed by atoms with Gasteiger partial charge in [-0.3, -0.25) is 5.43 Å². The molecule has 0 radical (unpaired) electrons. The van der Waals surface area contributed by atoms with Crippen molar-refractivity contribution in [3.8, 4) is 6.01 Å². The van der Waals surface area contributed by atoms with Crippen LogP contribution in [0.2, 0.25) is 0 Å². The number of hydrogen-bond acceptors (Lipinski definition) is 7. The molecule has 1 rings (SSSR count). The maximum atomic E-state index is 5.30. The van der Waals surface area contributed by atoms with E-state index in [1.807, 2.05) is 0 Å². The van der Waals surface area contributed by atoms with Crippen molar-refractivity contribution in [2.45, 2.75) is 39.5 Å². The zero-order chi connectivity index (χ0) is 14.1. The van der Waals surface area contributed by atoms with E-state index in [9.17, 15) is 0 Å². The van der Waals surface area contributed by atoms with Crippen molar-refractivity contribution in [2.24, 2.45) is 11.8 Å². The van der Waals surface area contributed by atoms with E-state index in [-0.39, 0.29) is 12.0 Å². The molecule has 1 unspecified atom stereocenters. The van der Waals surface area contributed by atoms with Crippen molar-refractivity contribution in [2.75, 3.05) is 24.4 Å². The SMILES string of the molecule is CCCCC(CC)CNc1nc(NN)nc(OC)n1. The van der Waals surface area contributed by atoms with Crippen LogP contribution in [0, 0.1) is 5.92 Å². The molecule has 0 aliphatic heterocycles. The molecule has 0 bridgehead atoms. The summed E-state index contributed by atoms with van der Waals surface area (Å²) in [5, 5.41) is 3.22. The average Bonchev–Trinajstić information content (AvgIpc) is 2.47. The van der Waals surface area contributed by atoms with Crippen LogP contribution in [-0.2, 0) is 0 Å². The number of hydrogen-bond donors (Lipinski definition) is 3. The van der Waals surface area contributed by atoms with Gasteiger partial charge in [-0.2, -0.15) is 15.0 Å². The third-order valence-electron chi connectivity index (χ3n) is 3.02. The largest absolute Gasteiger partial charge is 0.467 e. The summed E-state index contributed by atoms with van der Waals surface area (Å²) in [7, 11) is 1.51. The minimum absolute atomic E-state index is 0.243. The second-order valence-corrected chi connectivity index (χ2v) is 4.41. The first-order valence-corrected chi connectivity index (χ1v) is 6.74. The second kappa shape index (κ2) is 8.47. The molecule has 0 aliphatic rings. The highest BCUT2D eigenvalue weighted by Crippen LogP contribution is 2.15. The molecule has 4 N–H and O–H groups in total. The van der Waals surface area contributed by atoms with E-state index in [0.29, 0.717) is 11.9 Å². The van der Waals surface area contributed by atoms with Crippen LogP contribution in [0.5, 0.6) is 6.01 Å². The number of methoxy groups -OCH3 is 1. The number of anilines is 2. The van der Waals surface area contributed by atoms with Gasteiger partial charge in [-0.15, -0.1) is 0 Å². The Kier molecular flexibility index (Phi) is 6.88. The van der Waals surface area contributed by atoms with Crippen LogP contribution < -0.4 is 21.3 Å². The minimum Gasteiger partial charge on any atom is -0.467 e. The number of nitrogens with two attached hydrogens (primary N) is 1. The summed E-state index contributed by atoms with van der Waals surface area (Å²) < 4.78 is 5.00. The van der Waals surface area contributed by atoms with Crippen LogP contribution in [0.3, 0.4) is 0 Å². The van der Waals surface area contributed by atoms with Crippen LogP contribution in [0.1, 0.15) is 39.5 Å². The van der Waals surface area contributed by atoms with Crippen molar-refractivity contribution in [1.29, 1.82) is 0 Å². The summed E-state index contributed by atoms with van der Waals surface area (Å²) in [6.45, 7) is 5.24. The molecule has 7 nitrogen and oxygen atoms in total. The molecule has 1 heterocycles. The lowest BCUT2D eigenvalue weighted by atomic mass is 9.99. The summed E-state index contributed by atoms with van der Waals surface area (Å²) in [5.41, 5.74) is 2.40. The van der Waals surface area contributed by atoms with Gasteiger partial charge in [0.05, 0.1) is 7.11 Å². The smallest absolute Gasteiger partial charge is 0.322 e. The normalized spacial score (nSPS) is 12.0. The third kappa shape index (κ3) is 5.25. The van der Waals surface area contributed by atoms with Gasteiger partial charge in [0.15, 0.2) is 0 Å². The molecule has 1 aromatic heterocycles. The number of ether oxygens (including phenoxy) is 1. The first kappa shape index (κ1) is 15.4. The number of hydrazine groups is 1. The van der Waals surface area contributed by atoms with Gasteiger partial charge >= 0.3 is 6.01 Å². The third-order valence-corrected chi connectivity index (χ3v) is 3.02. The number of nitrogens with one attached hydrogen (secondary N) is 2. The molecule has 19 heavy (non-hydrogen) atoms. The van der Waals surface area contributed by atoms with Crippen LogP contribution in [0.4, 0.5) is 11.9 Å². The minimum atomic E-state index is 0.243. The average molecular weight is 268 g/mol. The molecule has 0 saturated carbocycles. The van der Waals surface area contributed by atoms with E-state index < -0.39 is 0 Å². The molecule has 7 heteroatoms. The number of rotatable bonds is 9. The Balaban J connectivity index is 2.60. The molecular weight excluding hydrogens is 244 g/mol. The molecule has 0 fully saturated rings. The maximum absolute atomic E-state index is 5.30. The Labute approximate surface area is 114 Å². The summed E-state index contributed by atoms with van der Waals surface area (Å²) in [4.78, 5) is 12.2. The quantitative estimate of drug-likeness (QED) is 0.464. The Hall–Kier alpha value is -1.63. The highest BCUT2D eigenvalue weighted by Gasteiger charge is 2.09. The lowest BCUT2D eigenvalue weighted by Gasteiger charge is -2.15. The highest BCUT2D eigenvalue weighted by atomic mass is 16.5. The fourth-order valence-electron chi connectivity index (χ4n) is 1.77. The molecule has 0 saturated heterocycles. The fraction of sp³-hybridized carbons (Fsp3) is 0.750. The van der Waals surface area contributed by atoms with E-state index in [1.165, 1.54) is 26.4 Å². The van der Waals surface area contributed by atoms with E-state index in [4.69, 9.17) is 10.6 Å². The lowest BCUT2D eigenvalue weighted by Crippen LogP contribution is -2.18. The zero-order valence-corrected chi connectivity index (χ0v) is 11.9. The highest BCUT2D eigenvalue weighted by molar-refractivity contribution is 5.34. The Bertz CT molecular complexity index is 351. The first-order chi connectivity index (χ1) is 9.23. The van der Waals surface area contributed by atoms with Crippen LogP contribution in [0.25, 0.3) is 0 Å². The number of aromatic nitrogens is 3. The second-order valence-electron chi connectivity index (χ2n) is 4.41. The molecule has 0 amide bonds. The number of nitrogen functional groups attached to an aromatic ring is 1. The Morgan fingerprint density at radius 1 is 1.21 bits per heavy atom. The fourth-order valence-corrected chi connectivity index (χ4v) is 1.77. The van der Waals surface area contributed by atoms with Gasteiger partial charge in [-0.25, -0.2) is 5.84 Å². The van der Waals surface area contributed by atoms with Gasteiger partial charge in [0.1, 0.15) is 0 Å². The predicted octanol–water partition coefficient (Wildman–Crippen LogP) is 1.79.